The average Bonchev–Trinajstić information content (AvgIpc) is 3.61. The molecule has 5 rings (SSSR count). The van der Waals surface area contributed by atoms with Gasteiger partial charge >= 0.3 is 6.18 Å². The van der Waals surface area contributed by atoms with E-state index in [0.717, 1.165) is 16.9 Å². The highest BCUT2D eigenvalue weighted by Gasteiger charge is 2.46. The molecule has 2 fully saturated rings. The minimum Gasteiger partial charge on any atom is -0.480 e. The van der Waals surface area contributed by atoms with Crippen molar-refractivity contribution in [3.05, 3.63) is 35.8 Å². The number of hydrogen-bond donors (Lipinski definition) is 3. The van der Waals surface area contributed by atoms with Crippen molar-refractivity contribution in [1.29, 1.82) is 0 Å². The van der Waals surface area contributed by atoms with Gasteiger partial charge in [-0.15, -0.1) is 0 Å². The molecule has 1 saturated carbocycles. The van der Waals surface area contributed by atoms with Crippen LogP contribution in [0, 0.1) is 0 Å². The molecule has 0 aromatic carbocycles. The number of nitrogen functional groups attached to an aromatic ring is 1. The molecule has 1 aliphatic heterocycles. The Hall–Kier alpha value is -4.01. The van der Waals surface area contributed by atoms with Crippen molar-refractivity contribution >= 4 is 23.1 Å². The number of halogens is 4. The van der Waals surface area contributed by atoms with Crippen LogP contribution in [0.3, 0.4) is 0 Å². The fraction of sp³-hybridized carbons (Fsp3) is 0.458. The van der Waals surface area contributed by atoms with Crippen LogP contribution in [0.1, 0.15) is 41.6 Å². The summed E-state index contributed by atoms with van der Waals surface area (Å²) in [4.78, 5) is 34.9. The van der Waals surface area contributed by atoms with E-state index in [2.05, 4.69) is 20.4 Å². The number of fused-ring (bicyclic) bond motifs is 1. The van der Waals surface area contributed by atoms with Gasteiger partial charge in [-0.25, -0.2) is 18.9 Å². The first kappa shape index (κ1) is 26.6. The van der Waals surface area contributed by atoms with Gasteiger partial charge in [-0.1, -0.05) is 0 Å². The lowest BCUT2D eigenvalue weighted by Gasteiger charge is -2.27. The molecule has 0 spiro atoms. The maximum absolute atomic E-state index is 14.9. The number of ether oxygens (including phenoxy) is 1. The maximum atomic E-state index is 14.9. The summed E-state index contributed by atoms with van der Waals surface area (Å²) in [6.07, 6.45) is -2.19. The van der Waals surface area contributed by atoms with Crippen LogP contribution < -0.4 is 15.8 Å². The Morgan fingerprint density at radius 2 is 1.92 bits per heavy atom. The van der Waals surface area contributed by atoms with Crippen LogP contribution in [-0.4, -0.2) is 79.4 Å². The largest absolute Gasteiger partial charge is 0.480 e. The second kappa shape index (κ2) is 9.63. The normalized spacial score (nSPS) is 20.9. The summed E-state index contributed by atoms with van der Waals surface area (Å²) in [5.41, 5.74) is 2.48. The van der Waals surface area contributed by atoms with Crippen molar-refractivity contribution in [2.75, 3.05) is 25.9 Å². The van der Waals surface area contributed by atoms with E-state index in [1.807, 2.05) is 0 Å². The first-order chi connectivity index (χ1) is 18.4. The van der Waals surface area contributed by atoms with Crippen LogP contribution in [0.4, 0.5) is 23.4 Å². The number of alkyl halides is 4. The molecule has 1 aliphatic carbocycles. The maximum Gasteiger partial charge on any atom is 0.418 e. The molecule has 0 unspecified atom stereocenters. The Morgan fingerprint density at radius 1 is 1.21 bits per heavy atom. The molecule has 1 saturated heterocycles. The number of rotatable bonds is 5. The number of nitrogens with one attached hydrogen (secondary N) is 1. The number of aliphatic hydroxyl groups is 1. The second-order valence-corrected chi connectivity index (χ2v) is 9.67. The minimum atomic E-state index is -4.77. The Labute approximate surface area is 219 Å². The van der Waals surface area contributed by atoms with Crippen molar-refractivity contribution in [1.82, 2.24) is 29.8 Å². The number of aromatic nitrogens is 4. The smallest absolute Gasteiger partial charge is 0.418 e. The first-order valence-electron chi connectivity index (χ1n) is 12.1. The number of anilines is 1. The molecule has 0 bridgehead atoms. The van der Waals surface area contributed by atoms with Crippen LogP contribution in [-0.2, 0) is 11.0 Å². The summed E-state index contributed by atoms with van der Waals surface area (Å²) in [5, 5.41) is 17.0. The van der Waals surface area contributed by atoms with Crippen LogP contribution in [0.5, 0.6) is 5.88 Å². The zero-order valence-electron chi connectivity index (χ0n) is 20.7. The van der Waals surface area contributed by atoms with Crippen molar-refractivity contribution in [3.63, 3.8) is 0 Å². The van der Waals surface area contributed by atoms with Gasteiger partial charge in [0.25, 0.3) is 11.8 Å². The standard InChI is InChI=1S/C24H25F4N7O4/c1-39-21-13(20(36)33-16-10-34(9-15(16)25)22(37)23(38)4-2-3-5-23)6-12(8-30-21)17-7-14(24(26,27)28)18-19(29)31-11-32-35(17)18/h6-8,11,15-16,38H,2-5,9-10H2,1H3,(H,33,36)(H2,29,31,32)/t15-,16+/m0/s1. The molecule has 2 amide bonds. The Bertz CT molecular complexity index is 1440. The van der Waals surface area contributed by atoms with Gasteiger partial charge in [0.2, 0.25) is 5.88 Å². The van der Waals surface area contributed by atoms with Crippen molar-refractivity contribution < 1.29 is 37.0 Å². The SMILES string of the molecule is COc1ncc(-c2cc(C(F)(F)F)c3c(N)ncnn23)cc1C(=O)N[C@@H]1CN(C(=O)C2(O)CCCC2)C[C@@H]1F. The highest BCUT2D eigenvalue weighted by atomic mass is 19.4. The second-order valence-electron chi connectivity index (χ2n) is 9.67. The molecule has 3 aromatic rings. The molecule has 4 heterocycles. The van der Waals surface area contributed by atoms with E-state index in [1.165, 1.54) is 24.3 Å². The lowest BCUT2D eigenvalue weighted by molar-refractivity contribution is -0.149. The van der Waals surface area contributed by atoms with Gasteiger partial charge in [0.15, 0.2) is 5.82 Å². The average molecular weight is 552 g/mol. The quantitative estimate of drug-likeness (QED) is 0.408. The molecule has 4 N–H and O–H groups in total. The number of carbonyl (C=O) groups excluding carboxylic acids is 2. The van der Waals surface area contributed by atoms with Crippen LogP contribution in [0.25, 0.3) is 16.8 Å². The van der Waals surface area contributed by atoms with E-state index in [1.54, 1.807) is 0 Å². The van der Waals surface area contributed by atoms with Gasteiger partial charge in [0, 0.05) is 18.3 Å². The minimum absolute atomic E-state index is 0.0681. The van der Waals surface area contributed by atoms with Crippen LogP contribution >= 0.6 is 0 Å². The number of likely N-dealkylation sites (tertiary alicyclic amines) is 1. The predicted octanol–water partition coefficient (Wildman–Crippen LogP) is 1.98. The summed E-state index contributed by atoms with van der Waals surface area (Å²) in [5.74, 6) is -1.92. The predicted molar refractivity (Wildman–Crippen MR) is 128 cm³/mol. The number of nitrogens with zero attached hydrogens (tertiary/aromatic N) is 5. The highest BCUT2D eigenvalue weighted by Crippen LogP contribution is 2.39. The molecule has 11 nitrogen and oxygen atoms in total. The fourth-order valence-electron chi connectivity index (χ4n) is 5.19. The van der Waals surface area contributed by atoms with Gasteiger partial charge in [-0.05, 0) is 37.8 Å². The van der Waals surface area contributed by atoms with E-state index in [-0.39, 0.29) is 41.6 Å². The van der Waals surface area contributed by atoms with Crippen molar-refractivity contribution in [3.8, 4) is 17.1 Å². The third-order valence-corrected chi connectivity index (χ3v) is 7.15. The number of nitrogens with two attached hydrogens (primary N) is 1. The molecule has 208 valence electrons. The van der Waals surface area contributed by atoms with E-state index in [9.17, 15) is 32.3 Å². The molecule has 2 aliphatic rings. The molecular formula is C24H25F4N7O4. The van der Waals surface area contributed by atoms with Crippen LogP contribution in [0.2, 0.25) is 0 Å². The summed E-state index contributed by atoms with van der Waals surface area (Å²) in [7, 11) is 1.25. The third-order valence-electron chi connectivity index (χ3n) is 7.15. The molecule has 15 heteroatoms. The van der Waals surface area contributed by atoms with Gasteiger partial charge in [-0.3, -0.25) is 9.59 Å². The van der Waals surface area contributed by atoms with Crippen molar-refractivity contribution in [2.24, 2.45) is 0 Å². The van der Waals surface area contributed by atoms with E-state index in [4.69, 9.17) is 10.5 Å². The zero-order chi connectivity index (χ0) is 28.1. The Morgan fingerprint density at radius 3 is 2.59 bits per heavy atom. The number of carbonyl (C=O) groups is 2. The topological polar surface area (TPSA) is 148 Å². The Balaban J connectivity index is 1.43. The molecule has 3 aromatic heterocycles. The van der Waals surface area contributed by atoms with Gasteiger partial charge in [0.1, 0.15) is 29.2 Å². The van der Waals surface area contributed by atoms with Crippen molar-refractivity contribution in [2.45, 2.75) is 49.7 Å². The third kappa shape index (κ3) is 4.70. The number of hydrogen-bond acceptors (Lipinski definition) is 8. The Kier molecular flexibility index (Phi) is 6.56. The zero-order valence-corrected chi connectivity index (χ0v) is 20.7. The molecule has 39 heavy (non-hydrogen) atoms. The van der Waals surface area contributed by atoms with Gasteiger partial charge in [-0.2, -0.15) is 18.3 Å². The number of amides is 2. The first-order valence-corrected chi connectivity index (χ1v) is 12.1. The van der Waals surface area contributed by atoms with E-state index >= 15 is 0 Å². The van der Waals surface area contributed by atoms with E-state index < -0.39 is 46.9 Å². The molecule has 0 radical (unpaired) electrons. The van der Waals surface area contributed by atoms with Gasteiger partial charge in [0.05, 0.1) is 31.0 Å². The van der Waals surface area contributed by atoms with E-state index in [0.29, 0.717) is 25.7 Å². The molecule has 2 atom stereocenters. The molecular weight excluding hydrogens is 526 g/mol. The monoisotopic (exact) mass is 551 g/mol. The summed E-state index contributed by atoms with van der Waals surface area (Å²) in [6, 6.07) is 0.976. The fourth-order valence-corrected chi connectivity index (χ4v) is 5.19. The summed E-state index contributed by atoms with van der Waals surface area (Å²) < 4.78 is 62.1. The van der Waals surface area contributed by atoms with Crippen LogP contribution in [0.15, 0.2) is 24.7 Å². The number of methoxy groups -OCH3 is 1. The number of pyridine rings is 1. The highest BCUT2D eigenvalue weighted by molar-refractivity contribution is 5.98. The lowest BCUT2D eigenvalue weighted by Crippen LogP contribution is -2.47. The summed E-state index contributed by atoms with van der Waals surface area (Å²) >= 11 is 0. The summed E-state index contributed by atoms with van der Waals surface area (Å²) in [6.45, 7) is -0.447. The van der Waals surface area contributed by atoms with Gasteiger partial charge < -0.3 is 25.8 Å². The lowest BCUT2D eigenvalue weighted by atomic mass is 10.0.